The van der Waals surface area contributed by atoms with E-state index in [4.69, 9.17) is 9.47 Å². The highest BCUT2D eigenvalue weighted by Gasteiger charge is 2.47. The number of ketones is 1. The quantitative estimate of drug-likeness (QED) is 0.213. The van der Waals surface area contributed by atoms with Gasteiger partial charge >= 0.3 is 5.97 Å². The average Bonchev–Trinajstić information content (AvgIpc) is 3.18. The number of ether oxygens (including phenoxy) is 2. The van der Waals surface area contributed by atoms with E-state index in [-0.39, 0.29) is 23.5 Å². The van der Waals surface area contributed by atoms with Crippen molar-refractivity contribution in [3.05, 3.63) is 95.3 Å². The minimum absolute atomic E-state index is 0.0730. The molecular weight excluding hydrogens is 460 g/mol. The zero-order valence-electron chi connectivity index (χ0n) is 20.0. The number of carbonyl (C=O) groups is 3. The fourth-order valence-corrected chi connectivity index (χ4v) is 4.04. The van der Waals surface area contributed by atoms with Gasteiger partial charge in [0.15, 0.2) is 0 Å². The van der Waals surface area contributed by atoms with Crippen molar-refractivity contribution in [3.63, 3.8) is 0 Å². The van der Waals surface area contributed by atoms with Crippen LogP contribution in [0.2, 0.25) is 0 Å². The van der Waals surface area contributed by atoms with Gasteiger partial charge in [-0.05, 0) is 67.4 Å². The lowest BCUT2D eigenvalue weighted by atomic mass is 9.96. The van der Waals surface area contributed by atoms with E-state index in [1.54, 1.807) is 60.8 Å². The first-order chi connectivity index (χ1) is 17.5. The first-order valence-corrected chi connectivity index (χ1v) is 11.7. The lowest BCUT2D eigenvalue weighted by molar-refractivity contribution is -0.132. The normalized spacial score (nSPS) is 16.7. The van der Waals surface area contributed by atoms with Crippen molar-refractivity contribution in [2.75, 3.05) is 18.1 Å². The van der Waals surface area contributed by atoms with Gasteiger partial charge in [0.05, 0.1) is 30.4 Å². The van der Waals surface area contributed by atoms with E-state index in [1.807, 2.05) is 13.8 Å². The van der Waals surface area contributed by atoms with Crippen LogP contribution in [-0.4, -0.2) is 41.0 Å². The number of aromatic nitrogens is 1. The lowest BCUT2D eigenvalue weighted by Gasteiger charge is -2.25. The van der Waals surface area contributed by atoms with Crippen LogP contribution in [0.15, 0.2) is 78.6 Å². The van der Waals surface area contributed by atoms with Crippen molar-refractivity contribution in [1.29, 1.82) is 0 Å². The number of Topliss-reactive ketones (excluding diaryl/α,β-unsaturated/α-hetero) is 1. The van der Waals surface area contributed by atoms with Gasteiger partial charge in [0, 0.05) is 23.6 Å². The van der Waals surface area contributed by atoms with Crippen LogP contribution in [0.1, 0.15) is 47.8 Å². The highest BCUT2D eigenvalue weighted by Crippen LogP contribution is 2.42. The highest BCUT2D eigenvalue weighted by molar-refractivity contribution is 6.51. The molecule has 2 heterocycles. The van der Waals surface area contributed by atoms with Gasteiger partial charge in [-0.2, -0.15) is 0 Å². The molecule has 8 nitrogen and oxygen atoms in total. The molecule has 184 valence electrons. The van der Waals surface area contributed by atoms with E-state index in [2.05, 4.69) is 4.98 Å². The molecule has 4 rings (SSSR count). The molecule has 1 aromatic heterocycles. The fourth-order valence-electron chi connectivity index (χ4n) is 4.04. The minimum Gasteiger partial charge on any atom is -0.507 e. The molecule has 0 aliphatic carbocycles. The first kappa shape index (κ1) is 24.7. The van der Waals surface area contributed by atoms with Crippen molar-refractivity contribution in [1.82, 2.24) is 4.98 Å². The molecule has 1 fully saturated rings. The first-order valence-electron chi connectivity index (χ1n) is 11.7. The van der Waals surface area contributed by atoms with Crippen LogP contribution in [0, 0.1) is 0 Å². The van der Waals surface area contributed by atoms with Gasteiger partial charge in [-0.3, -0.25) is 19.5 Å². The zero-order valence-corrected chi connectivity index (χ0v) is 20.0. The summed E-state index contributed by atoms with van der Waals surface area (Å²) < 4.78 is 10.7. The molecule has 3 aromatic rings. The summed E-state index contributed by atoms with van der Waals surface area (Å²) in [7, 11) is 0. The van der Waals surface area contributed by atoms with Crippen molar-refractivity contribution in [3.8, 4) is 5.75 Å². The van der Waals surface area contributed by atoms with Crippen LogP contribution in [0.5, 0.6) is 5.75 Å². The second-order valence-corrected chi connectivity index (χ2v) is 8.10. The average molecular weight is 487 g/mol. The SMILES string of the molecule is CCCOC(=O)c1cccc(N2C(=O)C(=O)/C(=C(/O)c3ccc(OCC)cc3)C2c2cccnc2)c1. The molecule has 1 saturated heterocycles. The number of rotatable bonds is 8. The number of pyridine rings is 1. The molecule has 1 N–H and O–H groups in total. The Labute approximate surface area is 208 Å². The second-order valence-electron chi connectivity index (χ2n) is 8.10. The van der Waals surface area contributed by atoms with Gasteiger partial charge in [-0.25, -0.2) is 4.79 Å². The van der Waals surface area contributed by atoms with E-state index in [1.165, 1.54) is 17.2 Å². The molecular formula is C28H26N2O6. The number of amides is 1. The fraction of sp³-hybridized carbons (Fsp3) is 0.214. The summed E-state index contributed by atoms with van der Waals surface area (Å²) in [6.45, 7) is 4.51. The van der Waals surface area contributed by atoms with Gasteiger partial charge in [-0.15, -0.1) is 0 Å². The monoisotopic (exact) mass is 486 g/mol. The van der Waals surface area contributed by atoms with Gasteiger partial charge in [0.2, 0.25) is 0 Å². The predicted octanol–water partition coefficient (Wildman–Crippen LogP) is 4.67. The number of aliphatic hydroxyl groups excluding tert-OH is 1. The summed E-state index contributed by atoms with van der Waals surface area (Å²) in [5, 5.41) is 11.2. The molecule has 2 aromatic carbocycles. The van der Waals surface area contributed by atoms with E-state index >= 15 is 0 Å². The van der Waals surface area contributed by atoms with Crippen LogP contribution in [0.4, 0.5) is 5.69 Å². The Bertz CT molecular complexity index is 1300. The number of esters is 1. The third-order valence-electron chi connectivity index (χ3n) is 5.68. The number of aliphatic hydroxyl groups is 1. The van der Waals surface area contributed by atoms with Crippen molar-refractivity contribution < 1.29 is 29.0 Å². The highest BCUT2D eigenvalue weighted by atomic mass is 16.5. The molecule has 0 spiro atoms. The maximum Gasteiger partial charge on any atom is 0.338 e. The molecule has 1 unspecified atom stereocenters. The summed E-state index contributed by atoms with van der Waals surface area (Å²) >= 11 is 0. The molecule has 1 atom stereocenters. The summed E-state index contributed by atoms with van der Waals surface area (Å²) in [5.74, 6) is -1.89. The van der Waals surface area contributed by atoms with Gasteiger partial charge < -0.3 is 14.6 Å². The third kappa shape index (κ3) is 4.84. The van der Waals surface area contributed by atoms with Crippen LogP contribution in [-0.2, 0) is 14.3 Å². The van der Waals surface area contributed by atoms with Gasteiger partial charge in [0.25, 0.3) is 11.7 Å². The maximum atomic E-state index is 13.3. The van der Waals surface area contributed by atoms with E-state index in [0.717, 1.165) is 0 Å². The summed E-state index contributed by atoms with van der Waals surface area (Å²) in [6.07, 6.45) is 3.79. The maximum absolute atomic E-state index is 13.3. The molecule has 8 heteroatoms. The lowest BCUT2D eigenvalue weighted by Crippen LogP contribution is -2.29. The van der Waals surface area contributed by atoms with Gasteiger partial charge in [-0.1, -0.05) is 19.1 Å². The van der Waals surface area contributed by atoms with E-state index < -0.39 is 23.7 Å². The van der Waals surface area contributed by atoms with Crippen molar-refractivity contribution in [2.24, 2.45) is 0 Å². The third-order valence-corrected chi connectivity index (χ3v) is 5.68. The summed E-state index contributed by atoms with van der Waals surface area (Å²) in [6, 6.07) is 15.4. The van der Waals surface area contributed by atoms with Crippen LogP contribution in [0.3, 0.4) is 0 Å². The Kier molecular flexibility index (Phi) is 7.44. The largest absolute Gasteiger partial charge is 0.507 e. The second kappa shape index (κ2) is 10.9. The minimum atomic E-state index is -0.952. The topological polar surface area (TPSA) is 106 Å². The van der Waals surface area contributed by atoms with Crippen molar-refractivity contribution in [2.45, 2.75) is 26.3 Å². The molecule has 0 bridgehead atoms. The number of carbonyl (C=O) groups excluding carboxylic acids is 3. The smallest absolute Gasteiger partial charge is 0.338 e. The van der Waals surface area contributed by atoms with Crippen LogP contribution < -0.4 is 9.64 Å². The summed E-state index contributed by atoms with van der Waals surface area (Å²) in [4.78, 5) is 44.4. The Hall–Kier alpha value is -4.46. The molecule has 1 aliphatic rings. The Morgan fingerprint density at radius 1 is 1.03 bits per heavy atom. The Morgan fingerprint density at radius 3 is 2.47 bits per heavy atom. The molecule has 0 saturated carbocycles. The van der Waals surface area contributed by atoms with Gasteiger partial charge in [0.1, 0.15) is 11.5 Å². The van der Waals surface area contributed by atoms with E-state index in [9.17, 15) is 19.5 Å². The molecule has 0 radical (unpaired) electrons. The summed E-state index contributed by atoms with van der Waals surface area (Å²) in [5.41, 5.74) is 1.39. The van der Waals surface area contributed by atoms with Crippen LogP contribution >= 0.6 is 0 Å². The molecule has 36 heavy (non-hydrogen) atoms. The number of nitrogens with zero attached hydrogens (tertiary/aromatic N) is 2. The van der Waals surface area contributed by atoms with Crippen LogP contribution in [0.25, 0.3) is 5.76 Å². The predicted molar refractivity (Wildman–Crippen MR) is 134 cm³/mol. The number of anilines is 1. The van der Waals surface area contributed by atoms with Crippen molar-refractivity contribution >= 4 is 29.1 Å². The van der Waals surface area contributed by atoms with E-state index in [0.29, 0.717) is 35.6 Å². The number of hydrogen-bond donors (Lipinski definition) is 1. The Balaban J connectivity index is 1.82. The Morgan fingerprint density at radius 2 is 1.81 bits per heavy atom. The molecule has 1 amide bonds. The number of benzene rings is 2. The zero-order chi connectivity index (χ0) is 25.7. The standard InChI is InChI=1S/C28H26N2O6/c1-3-15-36-28(34)19-7-5-9-21(16-19)30-24(20-8-6-14-29-17-20)23(26(32)27(30)33)25(31)18-10-12-22(13-11-18)35-4-2/h5-14,16-17,24,31H,3-4,15H2,1-2H3/b25-23+. The number of hydrogen-bond acceptors (Lipinski definition) is 7. The molecule has 1 aliphatic heterocycles.